The maximum atomic E-state index is 12.9. The van der Waals surface area contributed by atoms with Gasteiger partial charge in [-0.15, -0.1) is 0 Å². The number of hydrogen-bond acceptors (Lipinski definition) is 4. The first-order valence-electron chi connectivity index (χ1n) is 10.2. The Hall–Kier alpha value is -2.71. The second-order valence-electron chi connectivity index (χ2n) is 7.57. The Kier molecular flexibility index (Phi) is 8.14. The molecule has 0 aromatic heterocycles. The Labute approximate surface area is 175 Å². The fourth-order valence-electron chi connectivity index (χ4n) is 3.41. The average Bonchev–Trinajstić information content (AvgIpc) is 2.92. The monoisotopic (exact) mass is 425 g/mol. The van der Waals surface area contributed by atoms with Gasteiger partial charge in [0, 0.05) is 6.54 Å². The fourth-order valence-corrected chi connectivity index (χ4v) is 3.41. The van der Waals surface area contributed by atoms with Crippen LogP contribution in [0.25, 0.3) is 0 Å². The predicted molar refractivity (Wildman–Crippen MR) is 107 cm³/mol. The maximum Gasteiger partial charge on any atom is 0.387 e. The van der Waals surface area contributed by atoms with Gasteiger partial charge in [-0.05, 0) is 37.0 Å². The van der Waals surface area contributed by atoms with Crippen LogP contribution in [0.3, 0.4) is 0 Å². The molecular weight excluding hydrogens is 396 g/mol. The summed E-state index contributed by atoms with van der Waals surface area (Å²) in [7, 11) is 0. The number of halogens is 2. The van der Waals surface area contributed by atoms with E-state index in [1.54, 1.807) is 0 Å². The summed E-state index contributed by atoms with van der Waals surface area (Å²) < 4.78 is 28.9. The van der Waals surface area contributed by atoms with E-state index in [0.717, 1.165) is 30.6 Å². The summed E-state index contributed by atoms with van der Waals surface area (Å²) in [5, 5.41) is 5.39. The lowest BCUT2D eigenvalue weighted by molar-refractivity contribution is -0.134. The topological polar surface area (TPSA) is 87.7 Å². The van der Waals surface area contributed by atoms with Crippen molar-refractivity contribution >= 4 is 17.8 Å². The number of carbonyl (C=O) groups is 3. The third-order valence-electron chi connectivity index (χ3n) is 5.36. The molecule has 1 aliphatic heterocycles. The van der Waals surface area contributed by atoms with E-state index in [0.29, 0.717) is 18.0 Å². The number of alkyl halides is 2. The molecule has 1 aromatic rings. The molecule has 0 radical (unpaired) electrons. The highest BCUT2D eigenvalue weighted by molar-refractivity contribution is 6.09. The molecule has 0 aliphatic carbocycles. The zero-order valence-electron chi connectivity index (χ0n) is 17.5. The van der Waals surface area contributed by atoms with E-state index in [4.69, 9.17) is 0 Å². The fraction of sp³-hybridized carbons (Fsp3) is 0.571. The Bertz CT molecular complexity index is 757. The number of rotatable bonds is 11. The van der Waals surface area contributed by atoms with Crippen molar-refractivity contribution in [1.29, 1.82) is 0 Å². The number of ether oxygens (including phenoxy) is 1. The van der Waals surface area contributed by atoms with E-state index in [9.17, 15) is 23.2 Å². The smallest absolute Gasteiger partial charge is 0.387 e. The number of nitrogens with one attached hydrogen (secondary N) is 2. The lowest BCUT2D eigenvalue weighted by Gasteiger charge is -2.22. The average molecular weight is 425 g/mol. The van der Waals surface area contributed by atoms with Gasteiger partial charge in [-0.25, -0.2) is 4.79 Å². The number of unbranched alkanes of at least 4 members (excludes halogenated alkanes) is 1. The Morgan fingerprint density at radius 3 is 2.47 bits per heavy atom. The molecule has 1 fully saturated rings. The quantitative estimate of drug-likeness (QED) is 0.532. The van der Waals surface area contributed by atoms with Crippen LogP contribution >= 0.6 is 0 Å². The molecule has 1 heterocycles. The summed E-state index contributed by atoms with van der Waals surface area (Å²) in [6.45, 7) is 2.85. The van der Waals surface area contributed by atoms with Crippen molar-refractivity contribution in [1.82, 2.24) is 15.5 Å². The number of hydrogen-bond donors (Lipinski definition) is 2. The number of urea groups is 1. The summed E-state index contributed by atoms with van der Waals surface area (Å²) in [6, 6.07) is 4.77. The van der Waals surface area contributed by atoms with Crippen LogP contribution in [0, 0.1) is 5.92 Å². The molecule has 7 nitrogen and oxygen atoms in total. The van der Waals surface area contributed by atoms with E-state index in [1.807, 2.05) is 0 Å². The van der Waals surface area contributed by atoms with Crippen LogP contribution < -0.4 is 15.4 Å². The Morgan fingerprint density at radius 2 is 1.90 bits per heavy atom. The molecule has 0 spiro atoms. The largest absolute Gasteiger partial charge is 0.435 e. The van der Waals surface area contributed by atoms with Crippen molar-refractivity contribution in [3.8, 4) is 5.75 Å². The number of benzene rings is 1. The van der Waals surface area contributed by atoms with Crippen LogP contribution in [0.5, 0.6) is 5.75 Å². The zero-order valence-corrected chi connectivity index (χ0v) is 17.5. The van der Waals surface area contributed by atoms with Gasteiger partial charge in [-0.1, -0.05) is 45.2 Å². The van der Waals surface area contributed by atoms with Gasteiger partial charge in [-0.2, -0.15) is 8.78 Å². The molecule has 2 rings (SSSR count). The highest BCUT2D eigenvalue weighted by atomic mass is 19.3. The first-order chi connectivity index (χ1) is 14.2. The summed E-state index contributed by atoms with van der Waals surface area (Å²) >= 11 is 0. The van der Waals surface area contributed by atoms with Crippen molar-refractivity contribution in [3.63, 3.8) is 0 Å². The van der Waals surface area contributed by atoms with Gasteiger partial charge in [0.25, 0.3) is 5.91 Å². The number of amides is 4. The standard InChI is InChI=1S/C21H29F2N3O4/c1-4-6-7-14(5-2)12-24-17(27)13-26-18(28)21(3,25-20(26)29)15-8-10-16(11-9-15)30-19(22)23/h8-11,14,19H,4-7,12-13H2,1-3H3,(H,24,27)(H,25,29)/t14-,21-/m0/s1. The summed E-state index contributed by atoms with van der Waals surface area (Å²) in [5.41, 5.74) is -0.996. The minimum atomic E-state index is -2.96. The van der Waals surface area contributed by atoms with E-state index in [2.05, 4.69) is 29.2 Å². The normalized spacial score (nSPS) is 19.7. The molecule has 1 saturated heterocycles. The van der Waals surface area contributed by atoms with Gasteiger partial charge >= 0.3 is 12.6 Å². The maximum absolute atomic E-state index is 12.9. The molecule has 0 unspecified atom stereocenters. The minimum Gasteiger partial charge on any atom is -0.435 e. The summed E-state index contributed by atoms with van der Waals surface area (Å²) in [4.78, 5) is 38.4. The number of imide groups is 1. The molecule has 0 saturated carbocycles. The van der Waals surface area contributed by atoms with Gasteiger partial charge in [0.15, 0.2) is 0 Å². The van der Waals surface area contributed by atoms with Gasteiger partial charge < -0.3 is 15.4 Å². The zero-order chi connectivity index (χ0) is 22.3. The second kappa shape index (κ2) is 10.4. The van der Waals surface area contributed by atoms with Crippen LogP contribution in [0.2, 0.25) is 0 Å². The van der Waals surface area contributed by atoms with E-state index in [1.165, 1.54) is 31.2 Å². The summed E-state index contributed by atoms with van der Waals surface area (Å²) in [6.07, 6.45) is 4.12. The molecule has 9 heteroatoms. The number of carbonyl (C=O) groups excluding carboxylic acids is 3. The van der Waals surface area contributed by atoms with Crippen LogP contribution in [0.4, 0.5) is 13.6 Å². The molecule has 0 bridgehead atoms. The second-order valence-corrected chi connectivity index (χ2v) is 7.57. The Morgan fingerprint density at radius 1 is 1.23 bits per heavy atom. The van der Waals surface area contributed by atoms with Crippen LogP contribution in [-0.2, 0) is 15.1 Å². The molecule has 30 heavy (non-hydrogen) atoms. The van der Waals surface area contributed by atoms with Crippen molar-refractivity contribution in [2.75, 3.05) is 13.1 Å². The third kappa shape index (κ3) is 5.67. The minimum absolute atomic E-state index is 0.0566. The molecule has 1 aliphatic rings. The highest BCUT2D eigenvalue weighted by Gasteiger charge is 2.49. The van der Waals surface area contributed by atoms with Crippen LogP contribution in [-0.4, -0.2) is 42.4 Å². The van der Waals surface area contributed by atoms with E-state index in [-0.39, 0.29) is 12.3 Å². The molecule has 1 aromatic carbocycles. The first kappa shape index (κ1) is 23.6. The highest BCUT2D eigenvalue weighted by Crippen LogP contribution is 2.30. The first-order valence-corrected chi connectivity index (χ1v) is 10.2. The van der Waals surface area contributed by atoms with Gasteiger partial charge in [0.1, 0.15) is 17.8 Å². The molecule has 166 valence electrons. The Balaban J connectivity index is 2.00. The molecule has 2 N–H and O–H groups in total. The summed E-state index contributed by atoms with van der Waals surface area (Å²) in [5.74, 6) is -0.684. The van der Waals surface area contributed by atoms with Crippen molar-refractivity contribution in [3.05, 3.63) is 29.8 Å². The third-order valence-corrected chi connectivity index (χ3v) is 5.36. The molecular formula is C21H29F2N3O4. The van der Waals surface area contributed by atoms with Crippen molar-refractivity contribution in [2.45, 2.75) is 58.6 Å². The van der Waals surface area contributed by atoms with E-state index < -0.39 is 30.0 Å². The van der Waals surface area contributed by atoms with Crippen molar-refractivity contribution < 1.29 is 27.9 Å². The lowest BCUT2D eigenvalue weighted by Crippen LogP contribution is -2.44. The van der Waals surface area contributed by atoms with Gasteiger partial charge in [0.05, 0.1) is 0 Å². The number of nitrogens with zero attached hydrogens (tertiary/aromatic N) is 1. The van der Waals surface area contributed by atoms with E-state index >= 15 is 0 Å². The SMILES string of the molecule is CCCC[C@H](CC)CNC(=O)CN1C(=O)N[C@@](C)(c2ccc(OC(F)F)cc2)C1=O. The van der Waals surface area contributed by atoms with Crippen molar-refractivity contribution in [2.24, 2.45) is 5.92 Å². The van der Waals surface area contributed by atoms with Crippen LogP contribution in [0.15, 0.2) is 24.3 Å². The molecule has 4 amide bonds. The predicted octanol–water partition coefficient (Wildman–Crippen LogP) is 3.39. The molecule has 2 atom stereocenters. The van der Waals surface area contributed by atoms with Gasteiger partial charge in [0.2, 0.25) is 5.91 Å². The lowest BCUT2D eigenvalue weighted by atomic mass is 9.92. The van der Waals surface area contributed by atoms with Crippen LogP contribution in [0.1, 0.15) is 52.0 Å². The van der Waals surface area contributed by atoms with Gasteiger partial charge in [-0.3, -0.25) is 14.5 Å².